The predicted molar refractivity (Wildman–Crippen MR) is 106 cm³/mol. The molecule has 0 saturated heterocycles. The highest BCUT2D eigenvalue weighted by molar-refractivity contribution is 6.32. The van der Waals surface area contributed by atoms with Gasteiger partial charge in [-0.3, -0.25) is 4.79 Å². The van der Waals surface area contributed by atoms with Crippen molar-refractivity contribution in [2.24, 2.45) is 0 Å². The Morgan fingerprint density at radius 1 is 1.07 bits per heavy atom. The highest BCUT2D eigenvalue weighted by Gasteiger charge is 2.08. The minimum atomic E-state index is -0.222. The van der Waals surface area contributed by atoms with E-state index in [9.17, 15) is 4.79 Å². The van der Waals surface area contributed by atoms with Gasteiger partial charge in [0.1, 0.15) is 12.1 Å². The summed E-state index contributed by atoms with van der Waals surface area (Å²) in [5, 5.41) is 3.52. The minimum absolute atomic E-state index is 0.0723. The summed E-state index contributed by atoms with van der Waals surface area (Å²) in [5.74, 6) is 0.401. The molecule has 0 aliphatic heterocycles. The van der Waals surface area contributed by atoms with Gasteiger partial charge in [-0.05, 0) is 43.2 Å². The second kappa shape index (κ2) is 8.64. The van der Waals surface area contributed by atoms with E-state index in [1.54, 1.807) is 0 Å². The normalized spacial score (nSPS) is 10.5. The molecule has 0 atom stereocenters. The van der Waals surface area contributed by atoms with Crippen molar-refractivity contribution in [2.45, 2.75) is 20.4 Å². The van der Waals surface area contributed by atoms with Crippen LogP contribution in [0.3, 0.4) is 0 Å². The smallest absolute Gasteiger partial charge is 0.258 e. The number of rotatable bonds is 6. The van der Waals surface area contributed by atoms with Crippen molar-refractivity contribution in [2.75, 3.05) is 6.61 Å². The van der Waals surface area contributed by atoms with Crippen molar-refractivity contribution in [3.63, 3.8) is 0 Å². The summed E-state index contributed by atoms with van der Waals surface area (Å²) in [6.45, 7) is 4.05. The van der Waals surface area contributed by atoms with E-state index in [1.807, 2.05) is 62.4 Å². The summed E-state index contributed by atoms with van der Waals surface area (Å²) in [7, 11) is 0. The average molecular weight is 382 g/mol. The molecule has 27 heavy (non-hydrogen) atoms. The van der Waals surface area contributed by atoms with Crippen LogP contribution in [0, 0.1) is 13.8 Å². The fourth-order valence-corrected chi connectivity index (χ4v) is 2.75. The number of carbonyl (C=O) groups is 1. The maximum atomic E-state index is 12.1. The third-order valence-corrected chi connectivity index (χ3v) is 4.64. The standard InChI is InChI=1S/C21H20ClN3O2/c1-14-8-18(9-15(2)21(14)22)27-12-20(26)23-11-17-10-19(25-13-24-17)16-6-4-3-5-7-16/h3-10,13H,11-12H2,1-2H3,(H,23,26). The zero-order valence-corrected chi connectivity index (χ0v) is 16.0. The number of amides is 1. The van der Waals surface area contributed by atoms with Crippen LogP contribution in [0.25, 0.3) is 11.3 Å². The minimum Gasteiger partial charge on any atom is -0.484 e. The van der Waals surface area contributed by atoms with Crippen molar-refractivity contribution in [3.05, 3.63) is 76.7 Å². The lowest BCUT2D eigenvalue weighted by Gasteiger charge is -2.10. The molecule has 0 bridgehead atoms. The van der Waals surface area contributed by atoms with Gasteiger partial charge < -0.3 is 10.1 Å². The monoisotopic (exact) mass is 381 g/mol. The maximum absolute atomic E-state index is 12.1. The topological polar surface area (TPSA) is 64.1 Å². The number of carbonyl (C=O) groups excluding carboxylic acids is 1. The van der Waals surface area contributed by atoms with Crippen LogP contribution in [0.1, 0.15) is 16.8 Å². The van der Waals surface area contributed by atoms with E-state index in [1.165, 1.54) is 6.33 Å². The number of aromatic nitrogens is 2. The molecule has 0 unspecified atom stereocenters. The third-order valence-electron chi connectivity index (χ3n) is 4.04. The molecule has 5 nitrogen and oxygen atoms in total. The number of nitrogens with one attached hydrogen (secondary N) is 1. The quantitative estimate of drug-likeness (QED) is 0.697. The van der Waals surface area contributed by atoms with Crippen molar-refractivity contribution < 1.29 is 9.53 Å². The number of hydrogen-bond acceptors (Lipinski definition) is 4. The van der Waals surface area contributed by atoms with Gasteiger partial charge in [-0.2, -0.15) is 0 Å². The van der Waals surface area contributed by atoms with Gasteiger partial charge in [-0.1, -0.05) is 41.9 Å². The third kappa shape index (κ3) is 5.05. The summed E-state index contributed by atoms with van der Waals surface area (Å²) >= 11 is 6.14. The number of aryl methyl sites for hydroxylation is 2. The van der Waals surface area contributed by atoms with E-state index >= 15 is 0 Å². The predicted octanol–water partition coefficient (Wildman–Crippen LogP) is 4.11. The number of nitrogens with zero attached hydrogens (tertiary/aromatic N) is 2. The Labute approximate surface area is 163 Å². The van der Waals surface area contributed by atoms with E-state index in [-0.39, 0.29) is 12.5 Å². The van der Waals surface area contributed by atoms with Crippen LogP contribution < -0.4 is 10.1 Å². The summed E-state index contributed by atoms with van der Waals surface area (Å²) in [6.07, 6.45) is 1.50. The Kier molecular flexibility index (Phi) is 6.04. The highest BCUT2D eigenvalue weighted by atomic mass is 35.5. The molecule has 6 heteroatoms. The van der Waals surface area contributed by atoms with Gasteiger partial charge in [0.2, 0.25) is 0 Å². The van der Waals surface area contributed by atoms with E-state index in [2.05, 4.69) is 15.3 Å². The fraction of sp³-hybridized carbons (Fsp3) is 0.190. The Morgan fingerprint density at radius 3 is 2.48 bits per heavy atom. The van der Waals surface area contributed by atoms with Crippen LogP contribution in [0.15, 0.2) is 54.9 Å². The zero-order chi connectivity index (χ0) is 19.2. The van der Waals surface area contributed by atoms with E-state index in [0.29, 0.717) is 17.3 Å². The van der Waals surface area contributed by atoms with Crippen LogP contribution >= 0.6 is 11.6 Å². The first-order valence-electron chi connectivity index (χ1n) is 8.55. The second-order valence-electron chi connectivity index (χ2n) is 6.20. The van der Waals surface area contributed by atoms with Crippen molar-refractivity contribution >= 4 is 17.5 Å². The molecule has 1 N–H and O–H groups in total. The first kappa shape index (κ1) is 18.9. The van der Waals surface area contributed by atoms with Gasteiger partial charge in [-0.25, -0.2) is 9.97 Å². The van der Waals surface area contributed by atoms with E-state index in [0.717, 1.165) is 28.1 Å². The molecular formula is C21H20ClN3O2. The first-order chi connectivity index (χ1) is 13.0. The molecule has 138 valence electrons. The van der Waals surface area contributed by atoms with Crippen LogP contribution in [0.5, 0.6) is 5.75 Å². The molecule has 3 rings (SSSR count). The van der Waals surface area contributed by atoms with Crippen molar-refractivity contribution in [3.8, 4) is 17.0 Å². The number of hydrogen-bond donors (Lipinski definition) is 1. The fourth-order valence-electron chi connectivity index (χ4n) is 2.64. The first-order valence-corrected chi connectivity index (χ1v) is 8.93. The lowest BCUT2D eigenvalue weighted by molar-refractivity contribution is -0.123. The van der Waals surface area contributed by atoms with Gasteiger partial charge in [0.15, 0.2) is 6.61 Å². The number of ether oxygens (including phenoxy) is 1. The van der Waals surface area contributed by atoms with Crippen LogP contribution in [-0.4, -0.2) is 22.5 Å². The van der Waals surface area contributed by atoms with Gasteiger partial charge >= 0.3 is 0 Å². The summed E-state index contributed by atoms with van der Waals surface area (Å²) in [5.41, 5.74) is 4.39. The lowest BCUT2D eigenvalue weighted by Crippen LogP contribution is -2.28. The molecule has 0 spiro atoms. The largest absolute Gasteiger partial charge is 0.484 e. The zero-order valence-electron chi connectivity index (χ0n) is 15.2. The highest BCUT2D eigenvalue weighted by Crippen LogP contribution is 2.25. The molecule has 3 aromatic rings. The summed E-state index contributed by atoms with van der Waals surface area (Å²) < 4.78 is 5.56. The molecule has 0 fully saturated rings. The Morgan fingerprint density at radius 2 is 1.78 bits per heavy atom. The van der Waals surface area contributed by atoms with Gasteiger partial charge in [-0.15, -0.1) is 0 Å². The Balaban J connectivity index is 1.55. The Bertz CT molecular complexity index is 922. The molecule has 0 aliphatic carbocycles. The van der Waals surface area contributed by atoms with Crippen LogP contribution in [-0.2, 0) is 11.3 Å². The lowest BCUT2D eigenvalue weighted by atomic mass is 10.1. The van der Waals surface area contributed by atoms with Gasteiger partial charge in [0.25, 0.3) is 5.91 Å². The molecule has 1 aromatic heterocycles. The molecule has 2 aromatic carbocycles. The summed E-state index contributed by atoms with van der Waals surface area (Å²) in [6, 6.07) is 15.3. The van der Waals surface area contributed by atoms with E-state index < -0.39 is 0 Å². The maximum Gasteiger partial charge on any atom is 0.258 e. The average Bonchev–Trinajstić information content (AvgIpc) is 2.69. The molecule has 1 heterocycles. The summed E-state index contributed by atoms with van der Waals surface area (Å²) in [4.78, 5) is 20.6. The molecular weight excluding hydrogens is 362 g/mol. The number of halogens is 1. The molecule has 0 aliphatic rings. The van der Waals surface area contributed by atoms with Crippen molar-refractivity contribution in [1.29, 1.82) is 0 Å². The van der Waals surface area contributed by atoms with Gasteiger partial charge in [0, 0.05) is 10.6 Å². The molecule has 1 amide bonds. The Hall–Kier alpha value is -2.92. The van der Waals surface area contributed by atoms with Crippen molar-refractivity contribution in [1.82, 2.24) is 15.3 Å². The van der Waals surface area contributed by atoms with Crippen LogP contribution in [0.2, 0.25) is 5.02 Å². The molecule has 0 saturated carbocycles. The van der Waals surface area contributed by atoms with Gasteiger partial charge in [0.05, 0.1) is 17.9 Å². The van der Waals surface area contributed by atoms with Crippen LogP contribution in [0.4, 0.5) is 0 Å². The van der Waals surface area contributed by atoms with E-state index in [4.69, 9.17) is 16.3 Å². The second-order valence-corrected chi connectivity index (χ2v) is 6.58. The SMILES string of the molecule is Cc1cc(OCC(=O)NCc2cc(-c3ccccc3)ncn2)cc(C)c1Cl. The molecule has 0 radical (unpaired) electrons. The number of benzene rings is 2.